The van der Waals surface area contributed by atoms with E-state index in [1.165, 1.54) is 0 Å². The summed E-state index contributed by atoms with van der Waals surface area (Å²) in [4.78, 5) is 13.9. The zero-order valence-electron chi connectivity index (χ0n) is 25.3. The molecule has 0 aromatic heterocycles. The van der Waals surface area contributed by atoms with Crippen molar-refractivity contribution in [3.05, 3.63) is 46.7 Å². The molecule has 3 unspecified atom stereocenters. The number of aliphatic hydroxyl groups is 4. The van der Waals surface area contributed by atoms with Crippen molar-refractivity contribution in [2.24, 2.45) is 11.7 Å². The molecule has 1 aliphatic heterocycles. The number of nitrogens with zero attached hydrogens (tertiary/aromatic N) is 1. The predicted molar refractivity (Wildman–Crippen MR) is 159 cm³/mol. The van der Waals surface area contributed by atoms with Crippen LogP contribution < -0.4 is 16.4 Å². The molecule has 12 heteroatoms. The fraction of sp³-hybridized carbons (Fsp3) is 0.655. The van der Waals surface area contributed by atoms with Crippen molar-refractivity contribution >= 4 is 11.9 Å². The number of carbonyl (C=O) groups excluding carboxylic acids is 1. The summed E-state index contributed by atoms with van der Waals surface area (Å²) in [6, 6.07) is -0.233. The molecule has 0 bridgehead atoms. The first kappa shape index (κ1) is 36.3. The van der Waals surface area contributed by atoms with Gasteiger partial charge in [0.15, 0.2) is 0 Å². The van der Waals surface area contributed by atoms with Gasteiger partial charge in [0.2, 0.25) is 12.2 Å². The van der Waals surface area contributed by atoms with E-state index in [1.54, 1.807) is 0 Å². The number of rotatable bonds is 15. The van der Waals surface area contributed by atoms with E-state index in [2.05, 4.69) is 17.2 Å². The molecule has 2 amide bonds. The molecule has 5 atom stereocenters. The molecular weight excluding hydrogens is 530 g/mol. The minimum Gasteiger partial charge on any atom is -0.445 e. The Labute approximate surface area is 244 Å². The number of urea groups is 1. The van der Waals surface area contributed by atoms with Gasteiger partial charge in [-0.15, -0.1) is 0 Å². The molecule has 12 nitrogen and oxygen atoms in total. The molecule has 0 radical (unpaired) electrons. The van der Waals surface area contributed by atoms with E-state index < -0.39 is 37.3 Å². The number of carbonyl (C=O) groups is 1. The second-order valence-electron chi connectivity index (χ2n) is 10.8. The Morgan fingerprint density at radius 1 is 1.15 bits per heavy atom. The topological polar surface area (TPSA) is 194 Å². The molecule has 41 heavy (non-hydrogen) atoms. The molecule has 1 fully saturated rings. The molecule has 0 aromatic carbocycles. The fourth-order valence-corrected chi connectivity index (χ4v) is 3.88. The summed E-state index contributed by atoms with van der Waals surface area (Å²) < 4.78 is 11.0. The lowest BCUT2D eigenvalue weighted by Crippen LogP contribution is -2.59. The van der Waals surface area contributed by atoms with Crippen LogP contribution in [0.2, 0.25) is 0 Å². The zero-order chi connectivity index (χ0) is 31.3. The van der Waals surface area contributed by atoms with Gasteiger partial charge in [-0.1, -0.05) is 50.6 Å². The third-order valence-corrected chi connectivity index (χ3v) is 6.87. The monoisotopic (exact) mass is 581 g/mol. The van der Waals surface area contributed by atoms with Gasteiger partial charge in [-0.3, -0.25) is 5.41 Å². The summed E-state index contributed by atoms with van der Waals surface area (Å²) in [5.41, 5.74) is 9.95. The molecule has 0 aliphatic carbocycles. The lowest BCUT2D eigenvalue weighted by molar-refractivity contribution is -0.281. The number of ether oxygens (including phenoxy) is 2. The van der Waals surface area contributed by atoms with Crippen molar-refractivity contribution < 1.29 is 34.7 Å². The van der Waals surface area contributed by atoms with Crippen molar-refractivity contribution in [3.63, 3.8) is 0 Å². The van der Waals surface area contributed by atoms with E-state index in [-0.39, 0.29) is 24.3 Å². The predicted octanol–water partition coefficient (Wildman–Crippen LogP) is 1.13. The van der Waals surface area contributed by atoms with Crippen LogP contribution >= 0.6 is 0 Å². The Balaban J connectivity index is 2.99. The highest BCUT2D eigenvalue weighted by Gasteiger charge is 2.45. The second kappa shape index (κ2) is 17.9. The highest BCUT2D eigenvalue weighted by atomic mass is 16.7. The maximum Gasteiger partial charge on any atom is 0.314 e. The fourth-order valence-electron chi connectivity index (χ4n) is 3.88. The number of nitrogens with one attached hydrogen (secondary N) is 3. The smallest absolute Gasteiger partial charge is 0.314 e. The average molecular weight is 582 g/mol. The van der Waals surface area contributed by atoms with Gasteiger partial charge < -0.3 is 51.2 Å². The Kier molecular flexibility index (Phi) is 15.9. The van der Waals surface area contributed by atoms with Crippen LogP contribution in [0.3, 0.4) is 0 Å². The van der Waals surface area contributed by atoms with E-state index in [9.17, 15) is 25.2 Å². The molecular formula is C29H51N5O7. The van der Waals surface area contributed by atoms with Crippen LogP contribution in [0.1, 0.15) is 47.0 Å². The van der Waals surface area contributed by atoms with Gasteiger partial charge in [0, 0.05) is 37.3 Å². The van der Waals surface area contributed by atoms with Crippen molar-refractivity contribution in [2.75, 3.05) is 40.3 Å². The summed E-state index contributed by atoms with van der Waals surface area (Å²) in [6.07, 6.45) is -2.14. The summed E-state index contributed by atoms with van der Waals surface area (Å²) in [5, 5.41) is 54.3. The van der Waals surface area contributed by atoms with Gasteiger partial charge in [-0.2, -0.15) is 0 Å². The molecule has 1 rings (SSSR count). The maximum absolute atomic E-state index is 11.9. The first-order valence-electron chi connectivity index (χ1n) is 14.0. The summed E-state index contributed by atoms with van der Waals surface area (Å²) >= 11 is 0. The Morgan fingerprint density at radius 3 is 2.34 bits per heavy atom. The van der Waals surface area contributed by atoms with E-state index in [4.69, 9.17) is 20.6 Å². The molecule has 1 saturated heterocycles. The summed E-state index contributed by atoms with van der Waals surface area (Å²) in [5.74, 6) is -0.473. The van der Waals surface area contributed by atoms with Crippen LogP contribution in [0.5, 0.6) is 0 Å². The maximum atomic E-state index is 11.9. The lowest BCUT2D eigenvalue weighted by Gasteiger charge is -2.39. The largest absolute Gasteiger partial charge is 0.445 e. The molecule has 234 valence electrons. The van der Waals surface area contributed by atoms with Crippen molar-refractivity contribution in [3.8, 4) is 0 Å². The van der Waals surface area contributed by atoms with Gasteiger partial charge in [-0.05, 0) is 45.4 Å². The van der Waals surface area contributed by atoms with Crippen LogP contribution in [0.15, 0.2) is 46.7 Å². The zero-order valence-corrected chi connectivity index (χ0v) is 25.3. The normalized spacial score (nSPS) is 24.2. The quantitative estimate of drug-likeness (QED) is 0.0795. The lowest BCUT2D eigenvalue weighted by atomic mass is 9.94. The highest BCUT2D eigenvalue weighted by molar-refractivity contribution is 5.92. The van der Waals surface area contributed by atoms with Crippen LogP contribution in [0.4, 0.5) is 4.79 Å². The number of hydrogen-bond acceptors (Lipinski definition) is 10. The Morgan fingerprint density at radius 2 is 1.78 bits per heavy atom. The van der Waals surface area contributed by atoms with Gasteiger partial charge >= 0.3 is 6.03 Å². The van der Waals surface area contributed by atoms with Crippen molar-refractivity contribution in [1.29, 1.82) is 5.41 Å². The van der Waals surface area contributed by atoms with Gasteiger partial charge in [-0.25, -0.2) is 4.79 Å². The van der Waals surface area contributed by atoms with E-state index in [0.29, 0.717) is 30.8 Å². The highest BCUT2D eigenvalue weighted by Crippen LogP contribution is 2.27. The number of likely N-dealkylation sites (N-methyl/N-ethyl adjacent to an activating group) is 1. The van der Waals surface area contributed by atoms with Crippen LogP contribution in [0, 0.1) is 11.3 Å². The third-order valence-electron chi connectivity index (χ3n) is 6.87. The average Bonchev–Trinajstić information content (AvgIpc) is 2.92. The van der Waals surface area contributed by atoms with E-state index in [0.717, 1.165) is 29.7 Å². The number of aliphatic hydroxyl groups excluding tert-OH is 4. The minimum atomic E-state index is -1.64. The van der Waals surface area contributed by atoms with E-state index in [1.807, 2.05) is 58.8 Å². The van der Waals surface area contributed by atoms with Gasteiger partial charge in [0.05, 0.1) is 6.61 Å². The van der Waals surface area contributed by atoms with Gasteiger partial charge in [0.25, 0.3) is 0 Å². The minimum absolute atomic E-state index is 0.124. The first-order valence-corrected chi connectivity index (χ1v) is 14.0. The number of hydrogen-bond donors (Lipinski definition) is 8. The molecule has 1 heterocycles. The first-order chi connectivity index (χ1) is 19.2. The SMILES string of the molecule is C=C(/C=C\C(C/C(C(=N)OC1OC(CO)[C@@H](O)C(O)[C@H]1O)=C(/N)C(C)C)=C(\C)CC)CCNC(=O)NCCN(C)C. The third kappa shape index (κ3) is 12.0. The van der Waals surface area contributed by atoms with Crippen LogP contribution in [-0.2, 0) is 9.47 Å². The molecule has 0 saturated carbocycles. The molecule has 0 aromatic rings. The number of nitrogens with two attached hydrogens (primary N) is 1. The Bertz CT molecular complexity index is 975. The Hall–Kier alpha value is -2.74. The van der Waals surface area contributed by atoms with E-state index >= 15 is 0 Å². The van der Waals surface area contributed by atoms with Crippen molar-refractivity contribution in [2.45, 2.75) is 77.7 Å². The molecule has 1 aliphatic rings. The number of amides is 2. The van der Waals surface area contributed by atoms with Gasteiger partial charge in [0.1, 0.15) is 24.4 Å². The second-order valence-corrected chi connectivity index (χ2v) is 10.8. The summed E-state index contributed by atoms with van der Waals surface area (Å²) in [6.45, 7) is 13.0. The molecule has 9 N–H and O–H groups in total. The van der Waals surface area contributed by atoms with Crippen LogP contribution in [-0.4, -0.2) is 108 Å². The van der Waals surface area contributed by atoms with Crippen molar-refractivity contribution in [1.82, 2.24) is 15.5 Å². The number of allylic oxidation sites excluding steroid dienone is 5. The molecule has 0 spiro atoms. The summed E-state index contributed by atoms with van der Waals surface area (Å²) in [7, 11) is 3.87. The van der Waals surface area contributed by atoms with Crippen LogP contribution in [0.25, 0.3) is 0 Å². The standard InChI is InChI=1S/C29H51N5O7/c1-8-19(5)20(10-9-18(4)11-12-32-29(39)33-13-14-34(6)7)15-21(23(30)17(2)3)27(31)41-28-26(38)25(37)24(36)22(16-35)40-28/h9-10,17,22,24-26,28,31,35-38H,4,8,11-16,30H2,1-3,5-7H3,(H2,32,33,39)/b10-9-,20-19+,23-21-,31-27?/t22?,24-,25?,26-,28?/m1/s1.